The van der Waals surface area contributed by atoms with Gasteiger partial charge < -0.3 is 34.1 Å². The van der Waals surface area contributed by atoms with Gasteiger partial charge in [0.05, 0.1) is 6.61 Å². The number of carbonyl (C=O) groups is 4. The van der Waals surface area contributed by atoms with Gasteiger partial charge in [0.2, 0.25) is 5.78 Å². The quantitative estimate of drug-likeness (QED) is 0.129. The Morgan fingerprint density at radius 3 is 1.59 bits per heavy atom. The molecule has 4 rings (SSSR count). The van der Waals surface area contributed by atoms with Crippen LogP contribution in [0, 0.1) is 0 Å². The molecule has 2 heterocycles. The van der Waals surface area contributed by atoms with Gasteiger partial charge in [0.1, 0.15) is 28.7 Å². The summed E-state index contributed by atoms with van der Waals surface area (Å²) in [4.78, 5) is 43.7. The first-order valence-corrected chi connectivity index (χ1v) is 12.2. The van der Waals surface area contributed by atoms with E-state index in [9.17, 15) is 24.3 Å². The fraction of sp³-hybridized carbons (Fsp3) is 0.259. The first-order chi connectivity index (χ1) is 18.2. The Bertz CT molecular complexity index is 1430. The number of carboxylic acid groups (broad SMARTS) is 1. The SMILES string of the molecule is CCOC(=O)C(=O)CCc1cc2cc(Cl)ccc2o1.CO.O=C([O-])C(=O)CCc1cc2cc(Cl)ccc2o1.[Li+].[Li+].[OH-]. The number of carbonyl (C=O) groups excluding carboxylic acids is 4. The molecule has 0 amide bonds. The van der Waals surface area contributed by atoms with E-state index in [2.05, 4.69) is 4.74 Å². The van der Waals surface area contributed by atoms with Crippen LogP contribution in [-0.4, -0.2) is 47.8 Å². The number of ether oxygens (including phenoxy) is 1. The number of furan rings is 2. The molecule has 4 aromatic rings. The van der Waals surface area contributed by atoms with Gasteiger partial charge in [0.15, 0.2) is 5.78 Å². The van der Waals surface area contributed by atoms with Crippen LogP contribution in [-0.2, 0) is 36.8 Å². The van der Waals surface area contributed by atoms with Crippen LogP contribution in [0.2, 0.25) is 10.0 Å². The van der Waals surface area contributed by atoms with E-state index in [-0.39, 0.29) is 69.1 Å². The summed E-state index contributed by atoms with van der Waals surface area (Å²) in [6, 6.07) is 14.0. The first kappa shape index (κ1) is 40.6. The van der Waals surface area contributed by atoms with Crippen molar-refractivity contribution < 1.29 is 86.2 Å². The number of esters is 1. The molecule has 0 aliphatic heterocycles. The number of hydrogen-bond acceptors (Lipinski definition) is 10. The largest absolute Gasteiger partial charge is 1.00 e. The number of carboxylic acids is 1. The van der Waals surface area contributed by atoms with Crippen molar-refractivity contribution in [2.45, 2.75) is 32.6 Å². The van der Waals surface area contributed by atoms with Crippen LogP contribution in [0.5, 0.6) is 0 Å². The van der Waals surface area contributed by atoms with Crippen LogP contribution in [0.1, 0.15) is 31.3 Å². The van der Waals surface area contributed by atoms with E-state index in [4.69, 9.17) is 37.1 Å². The molecule has 0 saturated carbocycles. The molecule has 0 aliphatic carbocycles. The third-order valence-electron chi connectivity index (χ3n) is 4.99. The van der Waals surface area contributed by atoms with Crippen LogP contribution in [0.15, 0.2) is 57.4 Å². The molecule has 2 aromatic heterocycles. The number of hydrogen-bond donors (Lipinski definition) is 1. The van der Waals surface area contributed by atoms with E-state index in [0.717, 1.165) is 17.9 Å². The second kappa shape index (κ2) is 20.4. The molecule has 0 radical (unpaired) electrons. The zero-order chi connectivity index (χ0) is 28.2. The Morgan fingerprint density at radius 1 is 0.780 bits per heavy atom. The molecule has 10 nitrogen and oxygen atoms in total. The fourth-order valence-corrected chi connectivity index (χ4v) is 3.64. The van der Waals surface area contributed by atoms with Crippen molar-refractivity contribution in [3.63, 3.8) is 0 Å². The molecule has 2 aromatic carbocycles. The third kappa shape index (κ3) is 12.9. The van der Waals surface area contributed by atoms with Crippen molar-refractivity contribution in [3.8, 4) is 0 Å². The number of benzene rings is 2. The zero-order valence-corrected chi connectivity index (χ0v) is 24.6. The van der Waals surface area contributed by atoms with E-state index >= 15 is 0 Å². The van der Waals surface area contributed by atoms with Crippen LogP contribution in [0.4, 0.5) is 0 Å². The van der Waals surface area contributed by atoms with Crippen LogP contribution >= 0.6 is 23.2 Å². The number of aliphatic carboxylic acids is 1. The number of Topliss-reactive ketones (excluding diaryl/α,β-unsaturated/α-hetero) is 2. The average molecular weight is 595 g/mol. The fourth-order valence-electron chi connectivity index (χ4n) is 3.27. The predicted molar refractivity (Wildman–Crippen MR) is 141 cm³/mol. The van der Waals surface area contributed by atoms with Crippen molar-refractivity contribution in [2.75, 3.05) is 13.7 Å². The van der Waals surface area contributed by atoms with Gasteiger partial charge in [-0.05, 0) is 55.5 Å². The van der Waals surface area contributed by atoms with Gasteiger partial charge in [-0.3, -0.25) is 9.59 Å². The molecule has 0 saturated heterocycles. The Hall–Kier alpha value is -2.51. The maximum Gasteiger partial charge on any atom is 1.00 e. The summed E-state index contributed by atoms with van der Waals surface area (Å²) in [7, 11) is 1.00. The number of aliphatic hydroxyl groups excluding tert-OH is 1. The number of ketones is 2. The number of aliphatic hydroxyl groups is 1. The molecule has 0 bridgehead atoms. The molecule has 0 spiro atoms. The second-order valence-corrected chi connectivity index (χ2v) is 8.52. The minimum absolute atomic E-state index is 0. The summed E-state index contributed by atoms with van der Waals surface area (Å²) in [5, 5.41) is 20.2. The second-order valence-electron chi connectivity index (χ2n) is 7.64. The number of rotatable bonds is 9. The summed E-state index contributed by atoms with van der Waals surface area (Å²) in [6.45, 7) is 1.86. The summed E-state index contributed by atoms with van der Waals surface area (Å²) < 4.78 is 15.6. The van der Waals surface area contributed by atoms with Crippen molar-refractivity contribution in [2.24, 2.45) is 0 Å². The topological polar surface area (TPSA) is 177 Å². The number of halogens is 2. The molecule has 14 heteroatoms. The predicted octanol–water partition coefficient (Wildman–Crippen LogP) is -2.07. The molecule has 0 unspecified atom stereocenters. The van der Waals surface area contributed by atoms with Gasteiger partial charge in [-0.2, -0.15) is 0 Å². The van der Waals surface area contributed by atoms with Crippen LogP contribution < -0.4 is 42.8 Å². The molecular weight excluding hydrogens is 569 g/mol. The Morgan fingerprint density at radius 2 is 1.20 bits per heavy atom. The van der Waals surface area contributed by atoms with E-state index < -0.39 is 23.5 Å². The maximum atomic E-state index is 11.4. The van der Waals surface area contributed by atoms with Crippen LogP contribution in [0.25, 0.3) is 21.9 Å². The third-order valence-corrected chi connectivity index (χ3v) is 5.46. The van der Waals surface area contributed by atoms with Crippen molar-refractivity contribution in [3.05, 3.63) is 70.1 Å². The minimum atomic E-state index is -1.66. The summed E-state index contributed by atoms with van der Waals surface area (Å²) in [5.74, 6) is -2.72. The van der Waals surface area contributed by atoms with Gasteiger partial charge >= 0.3 is 43.7 Å². The van der Waals surface area contributed by atoms with Crippen molar-refractivity contribution in [1.82, 2.24) is 0 Å². The van der Waals surface area contributed by atoms with E-state index in [1.54, 1.807) is 49.4 Å². The molecule has 0 atom stereocenters. The summed E-state index contributed by atoms with van der Waals surface area (Å²) >= 11 is 11.7. The van der Waals surface area contributed by atoms with Gasteiger partial charge in [0.25, 0.3) is 0 Å². The molecule has 0 fully saturated rings. The zero-order valence-electron chi connectivity index (χ0n) is 23.1. The number of aryl methyl sites for hydroxylation is 2. The van der Waals surface area contributed by atoms with Gasteiger partial charge in [0, 0.05) is 53.6 Å². The van der Waals surface area contributed by atoms with Gasteiger partial charge in [-0.25, -0.2) is 4.79 Å². The Kier molecular flexibility index (Phi) is 20.2. The van der Waals surface area contributed by atoms with E-state index in [0.29, 0.717) is 39.2 Å². The first-order valence-electron chi connectivity index (χ1n) is 11.4. The maximum absolute atomic E-state index is 11.4. The molecule has 41 heavy (non-hydrogen) atoms. The summed E-state index contributed by atoms with van der Waals surface area (Å²) in [5.41, 5.74) is 1.37. The average Bonchev–Trinajstić information content (AvgIpc) is 3.49. The standard InChI is InChI=1S/C14H13ClO4.C12H9ClO4.CH4O.2Li.H2O/c1-2-18-14(17)12(16)5-4-11-8-9-7-10(15)3-6-13(9)19-11;13-8-1-4-11-7(5-8)6-9(17-11)2-3-10(14)12(15)16;1-2;;;/h3,6-8H,2,4-5H2,1H3;1,4-6H,2-3H2,(H,15,16);2H,1H3;;;1H2/q;;;2*+1;/p-2. The van der Waals surface area contributed by atoms with E-state index in [1.807, 2.05) is 6.07 Å². The van der Waals surface area contributed by atoms with Gasteiger partial charge in [-0.1, -0.05) is 23.2 Å². The Labute approximate surface area is 269 Å². The minimum Gasteiger partial charge on any atom is -0.870 e. The normalized spacial score (nSPS) is 9.49. The van der Waals surface area contributed by atoms with Crippen molar-refractivity contribution >= 4 is 68.6 Å². The smallest absolute Gasteiger partial charge is 0.870 e. The summed E-state index contributed by atoms with van der Waals surface area (Å²) in [6.07, 6.45) is 0.547. The van der Waals surface area contributed by atoms with E-state index in [1.165, 1.54) is 0 Å². The molecule has 210 valence electrons. The van der Waals surface area contributed by atoms with Crippen LogP contribution in [0.3, 0.4) is 0 Å². The molecular formula is C27H26Cl2Li2O10. The Balaban J connectivity index is 0. The van der Waals surface area contributed by atoms with Gasteiger partial charge in [-0.15, -0.1) is 0 Å². The molecule has 2 N–H and O–H groups in total. The van der Waals surface area contributed by atoms with Crippen molar-refractivity contribution in [1.29, 1.82) is 0 Å². The number of fused-ring (bicyclic) bond motifs is 2. The monoisotopic (exact) mass is 594 g/mol. The molecule has 0 aliphatic rings.